The van der Waals surface area contributed by atoms with E-state index in [4.69, 9.17) is 10.5 Å². The molecule has 0 heterocycles. The first-order valence-electron chi connectivity index (χ1n) is 5.17. The van der Waals surface area contributed by atoms with Gasteiger partial charge in [-0.05, 0) is 12.8 Å². The Morgan fingerprint density at radius 3 is 2.64 bits per heavy atom. The second kappa shape index (κ2) is 7.76. The molecule has 0 rings (SSSR count). The van der Waals surface area contributed by atoms with Crippen molar-refractivity contribution in [3.8, 4) is 0 Å². The van der Waals surface area contributed by atoms with E-state index in [1.54, 1.807) is 0 Å². The van der Waals surface area contributed by atoms with Crippen LogP contribution in [0.5, 0.6) is 0 Å². The highest BCUT2D eigenvalue weighted by molar-refractivity contribution is 5.74. The largest absolute Gasteiger partial charge is 0.370 e. The molecule has 0 saturated carbocycles. The number of carbonyl (C=O) groups is 1. The van der Waals surface area contributed by atoms with Crippen LogP contribution in [0.2, 0.25) is 0 Å². The summed E-state index contributed by atoms with van der Waals surface area (Å²) >= 11 is 0. The van der Waals surface area contributed by atoms with Gasteiger partial charge >= 0.3 is 0 Å². The normalized spacial score (nSPS) is 15.1. The van der Waals surface area contributed by atoms with Crippen molar-refractivity contribution >= 4 is 5.91 Å². The Labute approximate surface area is 86.2 Å². The summed E-state index contributed by atoms with van der Waals surface area (Å²) in [6.07, 6.45) is 1.16. The summed E-state index contributed by atoms with van der Waals surface area (Å²) in [4.78, 5) is 10.3. The van der Waals surface area contributed by atoms with E-state index in [1.165, 1.54) is 0 Å². The number of hydrogen-bond acceptors (Lipinski definition) is 3. The molecule has 0 radical (unpaired) electrons. The Hall–Kier alpha value is -0.610. The van der Waals surface area contributed by atoms with Gasteiger partial charge in [0.2, 0.25) is 5.91 Å². The van der Waals surface area contributed by atoms with Crippen LogP contribution in [-0.2, 0) is 9.53 Å². The molecular weight excluding hydrogens is 180 g/mol. The molecule has 14 heavy (non-hydrogen) atoms. The maximum absolute atomic E-state index is 10.3. The van der Waals surface area contributed by atoms with E-state index in [1.807, 2.05) is 0 Å². The van der Waals surface area contributed by atoms with Crippen molar-refractivity contribution in [1.29, 1.82) is 0 Å². The summed E-state index contributed by atoms with van der Waals surface area (Å²) in [5.74, 6) is 0.242. The molecule has 84 valence electrons. The molecule has 0 aromatic rings. The fraction of sp³-hybridized carbons (Fsp3) is 0.900. The van der Waals surface area contributed by atoms with E-state index < -0.39 is 5.91 Å². The molecule has 3 N–H and O–H groups in total. The fourth-order valence-electron chi connectivity index (χ4n) is 1.09. The first-order valence-corrected chi connectivity index (χ1v) is 5.17. The topological polar surface area (TPSA) is 64.3 Å². The molecule has 4 heteroatoms. The predicted molar refractivity (Wildman–Crippen MR) is 56.9 cm³/mol. The smallest absolute Gasteiger partial charge is 0.243 e. The number of carbonyl (C=O) groups excluding carboxylic acids is 1. The number of nitrogens with two attached hydrogens (primary N) is 1. The molecule has 0 spiro atoms. The third kappa shape index (κ3) is 6.86. The lowest BCUT2D eigenvalue weighted by Crippen LogP contribution is -2.34. The number of rotatable bonds is 8. The third-order valence-electron chi connectivity index (χ3n) is 2.45. The van der Waals surface area contributed by atoms with Crippen LogP contribution in [0, 0.1) is 5.92 Å². The second-order valence-corrected chi connectivity index (χ2v) is 3.65. The lowest BCUT2D eigenvalue weighted by Gasteiger charge is -2.19. The number of hydrogen-bond donors (Lipinski definition) is 2. The van der Waals surface area contributed by atoms with Gasteiger partial charge in [-0.15, -0.1) is 0 Å². The van der Waals surface area contributed by atoms with E-state index in [0.717, 1.165) is 13.0 Å². The zero-order valence-electron chi connectivity index (χ0n) is 9.38. The molecule has 0 aliphatic heterocycles. The summed E-state index contributed by atoms with van der Waals surface area (Å²) in [5.41, 5.74) is 4.92. The second-order valence-electron chi connectivity index (χ2n) is 3.65. The van der Waals surface area contributed by atoms with E-state index in [9.17, 15) is 4.79 Å². The molecule has 0 bridgehead atoms. The van der Waals surface area contributed by atoms with Gasteiger partial charge in [0.25, 0.3) is 0 Å². The fourth-order valence-corrected chi connectivity index (χ4v) is 1.09. The average molecular weight is 202 g/mol. The van der Waals surface area contributed by atoms with E-state index in [2.05, 4.69) is 26.1 Å². The van der Waals surface area contributed by atoms with E-state index >= 15 is 0 Å². The van der Waals surface area contributed by atoms with Crippen LogP contribution in [0.25, 0.3) is 0 Å². The average Bonchev–Trinajstić information content (AvgIpc) is 2.15. The zero-order chi connectivity index (χ0) is 11.0. The van der Waals surface area contributed by atoms with Gasteiger partial charge in [-0.3, -0.25) is 4.79 Å². The highest BCUT2D eigenvalue weighted by Crippen LogP contribution is 2.05. The van der Waals surface area contributed by atoms with Gasteiger partial charge in [-0.1, -0.05) is 20.3 Å². The molecular formula is C10H22N2O2. The zero-order valence-corrected chi connectivity index (χ0v) is 9.38. The minimum atomic E-state index is -0.417. The van der Waals surface area contributed by atoms with Crippen LogP contribution in [0.15, 0.2) is 0 Å². The molecule has 0 fully saturated rings. The Kier molecular flexibility index (Phi) is 7.42. The summed E-state index contributed by atoms with van der Waals surface area (Å²) in [7, 11) is 0. The predicted octanol–water partition coefficient (Wildman–Crippen LogP) is 0.513. The monoisotopic (exact) mass is 202 g/mol. The van der Waals surface area contributed by atoms with Gasteiger partial charge in [0.05, 0.1) is 6.61 Å². The van der Waals surface area contributed by atoms with Crippen molar-refractivity contribution in [3.05, 3.63) is 0 Å². The van der Waals surface area contributed by atoms with Gasteiger partial charge < -0.3 is 15.8 Å². The Balaban J connectivity index is 3.31. The highest BCUT2D eigenvalue weighted by atomic mass is 16.5. The van der Waals surface area contributed by atoms with Gasteiger partial charge in [0.1, 0.15) is 6.61 Å². The first-order chi connectivity index (χ1) is 6.57. The maximum atomic E-state index is 10.3. The number of primary amides is 1. The summed E-state index contributed by atoms with van der Waals surface area (Å²) in [5, 5.41) is 3.33. The van der Waals surface area contributed by atoms with Crippen LogP contribution < -0.4 is 11.1 Å². The molecule has 4 nitrogen and oxygen atoms in total. The summed E-state index contributed by atoms with van der Waals surface area (Å²) in [6, 6.07) is 0.483. The molecule has 0 aromatic carbocycles. The van der Waals surface area contributed by atoms with Crippen molar-refractivity contribution in [2.45, 2.75) is 33.2 Å². The minimum absolute atomic E-state index is 0.0133. The first kappa shape index (κ1) is 13.4. The van der Waals surface area contributed by atoms with Crippen molar-refractivity contribution in [2.24, 2.45) is 11.7 Å². The molecule has 0 saturated heterocycles. The Morgan fingerprint density at radius 1 is 1.50 bits per heavy atom. The van der Waals surface area contributed by atoms with Gasteiger partial charge in [-0.2, -0.15) is 0 Å². The lowest BCUT2D eigenvalue weighted by molar-refractivity contribution is -0.122. The van der Waals surface area contributed by atoms with Crippen molar-refractivity contribution in [2.75, 3.05) is 19.8 Å². The van der Waals surface area contributed by atoms with Crippen molar-refractivity contribution in [3.63, 3.8) is 0 Å². The van der Waals surface area contributed by atoms with E-state index in [-0.39, 0.29) is 6.61 Å². The Morgan fingerprint density at radius 2 is 2.14 bits per heavy atom. The SMILES string of the molecule is CCC(C)C(C)NCCOCC(N)=O. The van der Waals surface area contributed by atoms with Gasteiger partial charge in [0.15, 0.2) is 0 Å². The molecule has 2 atom stereocenters. The highest BCUT2D eigenvalue weighted by Gasteiger charge is 2.08. The molecule has 1 amide bonds. The summed E-state index contributed by atoms with van der Waals surface area (Å²) in [6.45, 7) is 7.85. The molecule has 0 aliphatic carbocycles. The number of amides is 1. The van der Waals surface area contributed by atoms with Gasteiger partial charge in [0, 0.05) is 12.6 Å². The summed E-state index contributed by atoms with van der Waals surface area (Å²) < 4.78 is 5.02. The molecule has 2 unspecified atom stereocenters. The quantitative estimate of drug-likeness (QED) is 0.564. The van der Waals surface area contributed by atoms with Gasteiger partial charge in [-0.25, -0.2) is 0 Å². The number of ether oxygens (including phenoxy) is 1. The maximum Gasteiger partial charge on any atom is 0.243 e. The van der Waals surface area contributed by atoms with Crippen LogP contribution >= 0.6 is 0 Å². The molecule has 0 aliphatic rings. The lowest BCUT2D eigenvalue weighted by atomic mass is 10.0. The van der Waals surface area contributed by atoms with E-state index in [0.29, 0.717) is 18.6 Å². The van der Waals surface area contributed by atoms with Crippen LogP contribution in [0.1, 0.15) is 27.2 Å². The van der Waals surface area contributed by atoms with Crippen LogP contribution in [0.4, 0.5) is 0 Å². The van der Waals surface area contributed by atoms with Crippen molar-refractivity contribution < 1.29 is 9.53 Å². The minimum Gasteiger partial charge on any atom is -0.370 e. The standard InChI is InChI=1S/C10H22N2O2/c1-4-8(2)9(3)12-5-6-14-7-10(11)13/h8-9,12H,4-7H2,1-3H3,(H2,11,13). The van der Waals surface area contributed by atoms with Crippen LogP contribution in [0.3, 0.4) is 0 Å². The molecule has 0 aromatic heterocycles. The van der Waals surface area contributed by atoms with Crippen LogP contribution in [-0.4, -0.2) is 31.7 Å². The van der Waals surface area contributed by atoms with Crippen molar-refractivity contribution in [1.82, 2.24) is 5.32 Å². The third-order valence-corrected chi connectivity index (χ3v) is 2.45. The Bertz CT molecular complexity index is 162. The number of nitrogens with one attached hydrogen (secondary N) is 1.